The molecule has 3 heterocycles. The number of benzene rings is 1. The molecule has 0 saturated heterocycles. The van der Waals surface area contributed by atoms with Gasteiger partial charge in [-0.05, 0) is 73.8 Å². The lowest BCUT2D eigenvalue weighted by atomic mass is 9.86. The molecule has 5 nitrogen and oxygen atoms in total. The normalized spacial score (nSPS) is 23.2. The molecule has 6 heteroatoms. The smallest absolute Gasteiger partial charge is 0.213 e. The average molecular weight is 421 g/mol. The van der Waals surface area contributed by atoms with E-state index in [1.54, 1.807) is 18.3 Å². The number of nitrogens with zero attached hydrogens (tertiary/aromatic N) is 4. The van der Waals surface area contributed by atoms with E-state index in [1.165, 1.54) is 0 Å². The molecule has 3 aromatic rings. The molecule has 0 spiro atoms. The SMILES string of the molecule is CC(C)C1Cc2cc(F)ccc2-n2c(nnc2[C@H]2CC[C@H](Oc3ccccn3)CC2)C1. The zero-order chi connectivity index (χ0) is 21.4. The van der Waals surface area contributed by atoms with Crippen LogP contribution >= 0.6 is 0 Å². The Morgan fingerprint density at radius 3 is 2.61 bits per heavy atom. The third kappa shape index (κ3) is 4.08. The number of fused-ring (bicyclic) bond motifs is 3. The van der Waals surface area contributed by atoms with Crippen LogP contribution in [0.25, 0.3) is 5.69 Å². The fourth-order valence-electron chi connectivity index (χ4n) is 5.01. The number of aromatic nitrogens is 4. The van der Waals surface area contributed by atoms with Crippen molar-refractivity contribution in [3.8, 4) is 11.6 Å². The van der Waals surface area contributed by atoms with Crippen LogP contribution in [-0.2, 0) is 12.8 Å². The molecule has 1 fully saturated rings. The zero-order valence-electron chi connectivity index (χ0n) is 18.2. The number of halogens is 1. The van der Waals surface area contributed by atoms with Gasteiger partial charge in [0.15, 0.2) is 0 Å². The van der Waals surface area contributed by atoms with Gasteiger partial charge in [0.05, 0.1) is 5.69 Å². The van der Waals surface area contributed by atoms with Gasteiger partial charge >= 0.3 is 0 Å². The molecule has 5 rings (SSSR count). The maximum atomic E-state index is 14.1. The number of rotatable bonds is 4. The quantitative estimate of drug-likeness (QED) is 0.576. The van der Waals surface area contributed by atoms with E-state index in [2.05, 4.69) is 33.6 Å². The van der Waals surface area contributed by atoms with E-state index in [1.807, 2.05) is 24.3 Å². The average Bonchev–Trinajstić information content (AvgIpc) is 3.10. The molecule has 0 radical (unpaired) electrons. The minimum absolute atomic E-state index is 0.175. The summed E-state index contributed by atoms with van der Waals surface area (Å²) in [5.41, 5.74) is 2.11. The van der Waals surface area contributed by atoms with Gasteiger partial charge in [-0.15, -0.1) is 10.2 Å². The fourth-order valence-corrected chi connectivity index (χ4v) is 5.01. The van der Waals surface area contributed by atoms with Crippen LogP contribution in [0.5, 0.6) is 5.88 Å². The first kappa shape index (κ1) is 20.2. The standard InChI is InChI=1S/C25H29FN4O/c1-16(2)18-13-19-14-20(26)8-11-22(19)30-23(15-18)28-29-25(30)17-6-9-21(10-7-17)31-24-5-3-4-12-27-24/h3-5,8,11-12,14,16-18,21H,6-7,9-10,13,15H2,1-2H3/t17-,18?,21-. The maximum absolute atomic E-state index is 14.1. The minimum Gasteiger partial charge on any atom is -0.474 e. The summed E-state index contributed by atoms with van der Waals surface area (Å²) in [6.07, 6.45) is 7.63. The van der Waals surface area contributed by atoms with Crippen LogP contribution in [0.15, 0.2) is 42.6 Å². The fraction of sp³-hybridized carbons (Fsp3) is 0.480. The van der Waals surface area contributed by atoms with Crippen molar-refractivity contribution in [2.45, 2.75) is 64.4 Å². The third-order valence-corrected chi connectivity index (χ3v) is 6.87. The monoisotopic (exact) mass is 420 g/mol. The summed E-state index contributed by atoms with van der Waals surface area (Å²) >= 11 is 0. The highest BCUT2D eigenvalue weighted by Gasteiger charge is 2.32. The van der Waals surface area contributed by atoms with Crippen molar-refractivity contribution in [2.75, 3.05) is 0 Å². The second kappa shape index (κ2) is 8.40. The lowest BCUT2D eigenvalue weighted by Gasteiger charge is -2.28. The molecule has 1 aliphatic carbocycles. The Hall–Kier alpha value is -2.76. The van der Waals surface area contributed by atoms with Crippen LogP contribution in [0.3, 0.4) is 0 Å². The third-order valence-electron chi connectivity index (χ3n) is 6.87. The predicted octanol–water partition coefficient (Wildman–Crippen LogP) is 5.28. The van der Waals surface area contributed by atoms with Crippen molar-refractivity contribution in [1.29, 1.82) is 0 Å². The van der Waals surface area contributed by atoms with Gasteiger partial charge in [0.1, 0.15) is 23.6 Å². The highest BCUT2D eigenvalue weighted by Crippen LogP contribution is 2.38. The minimum atomic E-state index is -0.175. The van der Waals surface area contributed by atoms with Gasteiger partial charge in [-0.25, -0.2) is 9.37 Å². The van der Waals surface area contributed by atoms with Crippen LogP contribution in [0.1, 0.15) is 62.7 Å². The topological polar surface area (TPSA) is 52.8 Å². The second-order valence-corrected chi connectivity index (χ2v) is 9.25. The zero-order valence-corrected chi connectivity index (χ0v) is 18.2. The molecule has 1 aromatic carbocycles. The molecular formula is C25H29FN4O. The van der Waals surface area contributed by atoms with E-state index in [9.17, 15) is 4.39 Å². The lowest BCUT2D eigenvalue weighted by Crippen LogP contribution is -2.25. The summed E-state index contributed by atoms with van der Waals surface area (Å²) in [7, 11) is 0. The van der Waals surface area contributed by atoms with E-state index in [-0.39, 0.29) is 11.9 Å². The molecule has 2 aromatic heterocycles. The van der Waals surface area contributed by atoms with Crippen LogP contribution in [0, 0.1) is 17.7 Å². The van der Waals surface area contributed by atoms with Crippen molar-refractivity contribution in [3.63, 3.8) is 0 Å². The Bertz CT molecular complexity index is 1040. The molecule has 1 aliphatic heterocycles. The Morgan fingerprint density at radius 1 is 1.03 bits per heavy atom. The van der Waals surface area contributed by atoms with Crippen molar-refractivity contribution in [3.05, 3.63) is 65.6 Å². The molecule has 0 N–H and O–H groups in total. The van der Waals surface area contributed by atoms with Gasteiger partial charge in [-0.1, -0.05) is 19.9 Å². The summed E-state index contributed by atoms with van der Waals surface area (Å²) in [5.74, 6) is 3.81. The van der Waals surface area contributed by atoms with E-state index in [4.69, 9.17) is 4.74 Å². The van der Waals surface area contributed by atoms with Gasteiger partial charge in [0, 0.05) is 24.6 Å². The van der Waals surface area contributed by atoms with E-state index < -0.39 is 0 Å². The number of ether oxygens (including phenoxy) is 1. The highest BCUT2D eigenvalue weighted by atomic mass is 19.1. The Balaban J connectivity index is 1.40. The van der Waals surface area contributed by atoms with Gasteiger partial charge in [-0.2, -0.15) is 0 Å². The summed E-state index contributed by atoms with van der Waals surface area (Å²) in [6.45, 7) is 4.47. The Morgan fingerprint density at radius 2 is 1.87 bits per heavy atom. The van der Waals surface area contributed by atoms with E-state index in [0.29, 0.717) is 23.6 Å². The molecule has 1 saturated carbocycles. The molecular weight excluding hydrogens is 391 g/mol. The number of pyridine rings is 1. The Kier molecular flexibility index (Phi) is 5.47. The first-order valence-electron chi connectivity index (χ1n) is 11.4. The van der Waals surface area contributed by atoms with E-state index >= 15 is 0 Å². The maximum Gasteiger partial charge on any atom is 0.213 e. The first-order valence-corrected chi connectivity index (χ1v) is 11.4. The van der Waals surface area contributed by atoms with E-state index in [0.717, 1.165) is 61.4 Å². The number of hydrogen-bond acceptors (Lipinski definition) is 4. The van der Waals surface area contributed by atoms with Crippen LogP contribution in [0.4, 0.5) is 4.39 Å². The Labute approximate surface area is 182 Å². The van der Waals surface area contributed by atoms with Crippen LogP contribution in [0.2, 0.25) is 0 Å². The summed E-state index contributed by atoms with van der Waals surface area (Å²) in [5, 5.41) is 9.26. The van der Waals surface area contributed by atoms with Crippen molar-refractivity contribution >= 4 is 0 Å². The number of hydrogen-bond donors (Lipinski definition) is 0. The lowest BCUT2D eigenvalue weighted by molar-refractivity contribution is 0.139. The molecule has 31 heavy (non-hydrogen) atoms. The van der Waals surface area contributed by atoms with Crippen LogP contribution in [-0.4, -0.2) is 25.9 Å². The molecule has 162 valence electrons. The summed E-state index contributed by atoms with van der Waals surface area (Å²) in [6, 6.07) is 10.9. The second-order valence-electron chi connectivity index (χ2n) is 9.25. The largest absolute Gasteiger partial charge is 0.474 e. The summed E-state index contributed by atoms with van der Waals surface area (Å²) in [4.78, 5) is 4.28. The van der Waals surface area contributed by atoms with Gasteiger partial charge in [-0.3, -0.25) is 4.57 Å². The van der Waals surface area contributed by atoms with Gasteiger partial charge in [0.25, 0.3) is 0 Å². The highest BCUT2D eigenvalue weighted by molar-refractivity contribution is 5.45. The molecule has 1 unspecified atom stereocenters. The summed E-state index contributed by atoms with van der Waals surface area (Å²) < 4.78 is 22.4. The van der Waals surface area contributed by atoms with Crippen molar-refractivity contribution < 1.29 is 9.13 Å². The van der Waals surface area contributed by atoms with Gasteiger partial charge in [0.2, 0.25) is 5.88 Å². The molecule has 1 atom stereocenters. The van der Waals surface area contributed by atoms with Crippen molar-refractivity contribution in [1.82, 2.24) is 19.7 Å². The molecule has 2 aliphatic rings. The molecule has 0 amide bonds. The van der Waals surface area contributed by atoms with Gasteiger partial charge < -0.3 is 4.74 Å². The first-order chi connectivity index (χ1) is 15.1. The molecule has 0 bridgehead atoms. The van der Waals surface area contributed by atoms with Crippen LogP contribution < -0.4 is 4.74 Å². The predicted molar refractivity (Wildman–Crippen MR) is 117 cm³/mol. The van der Waals surface area contributed by atoms with Crippen molar-refractivity contribution in [2.24, 2.45) is 11.8 Å².